The molecule has 3 saturated heterocycles. The average molecular weight is 410 g/mol. The Morgan fingerprint density at radius 2 is 1.80 bits per heavy atom. The standard InChI is InChI=1S/C23H31N5O2/c29-21(18-26-13-15-30-16-14-26)27-10-3-7-23(9-12-27)8-4-11-28(23)22-24-17-19-5-1-2-6-20(19)25-22/h1-2,5-6,17H,3-4,7-16,18H2. The Kier molecular flexibility index (Phi) is 5.56. The van der Waals surface area contributed by atoms with E-state index >= 15 is 0 Å². The van der Waals surface area contributed by atoms with E-state index in [2.05, 4.69) is 26.8 Å². The van der Waals surface area contributed by atoms with Crippen LogP contribution in [0.4, 0.5) is 5.95 Å². The lowest BCUT2D eigenvalue weighted by Gasteiger charge is -2.38. The molecule has 1 amide bonds. The molecule has 7 heteroatoms. The quantitative estimate of drug-likeness (QED) is 0.775. The number of aromatic nitrogens is 2. The third-order valence-corrected chi connectivity index (χ3v) is 7.05. The summed E-state index contributed by atoms with van der Waals surface area (Å²) in [6, 6.07) is 8.17. The Bertz CT molecular complexity index is 900. The molecule has 0 aliphatic carbocycles. The van der Waals surface area contributed by atoms with E-state index in [9.17, 15) is 4.79 Å². The molecular weight excluding hydrogens is 378 g/mol. The summed E-state index contributed by atoms with van der Waals surface area (Å²) in [6.07, 6.45) is 7.41. The number of carbonyl (C=O) groups is 1. The van der Waals surface area contributed by atoms with E-state index in [4.69, 9.17) is 14.7 Å². The van der Waals surface area contributed by atoms with Crippen LogP contribution in [0.5, 0.6) is 0 Å². The van der Waals surface area contributed by atoms with Gasteiger partial charge in [-0.1, -0.05) is 18.2 Å². The van der Waals surface area contributed by atoms with E-state index in [0.717, 1.165) is 94.9 Å². The highest BCUT2D eigenvalue weighted by atomic mass is 16.5. The van der Waals surface area contributed by atoms with Gasteiger partial charge in [-0.2, -0.15) is 0 Å². The van der Waals surface area contributed by atoms with Crippen LogP contribution in [0, 0.1) is 0 Å². The van der Waals surface area contributed by atoms with E-state index in [-0.39, 0.29) is 11.4 Å². The minimum absolute atomic E-state index is 0.0798. The largest absolute Gasteiger partial charge is 0.379 e. The van der Waals surface area contributed by atoms with Gasteiger partial charge in [-0.25, -0.2) is 9.97 Å². The maximum Gasteiger partial charge on any atom is 0.236 e. The Hall–Kier alpha value is -2.25. The summed E-state index contributed by atoms with van der Waals surface area (Å²) in [5, 5.41) is 1.08. The number of benzene rings is 1. The van der Waals surface area contributed by atoms with Crippen LogP contribution >= 0.6 is 0 Å². The number of likely N-dealkylation sites (tertiary alicyclic amines) is 1. The molecule has 30 heavy (non-hydrogen) atoms. The molecule has 0 N–H and O–H groups in total. The number of hydrogen-bond donors (Lipinski definition) is 0. The van der Waals surface area contributed by atoms with E-state index in [0.29, 0.717) is 6.54 Å². The van der Waals surface area contributed by atoms with Gasteiger partial charge in [0.1, 0.15) is 0 Å². The number of nitrogens with zero attached hydrogens (tertiary/aromatic N) is 5. The fourth-order valence-corrected chi connectivity index (χ4v) is 5.34. The van der Waals surface area contributed by atoms with Gasteiger partial charge in [0.05, 0.1) is 25.3 Å². The zero-order valence-electron chi connectivity index (χ0n) is 17.6. The molecule has 3 aliphatic heterocycles. The van der Waals surface area contributed by atoms with Crippen LogP contribution in [-0.2, 0) is 9.53 Å². The molecule has 160 valence electrons. The number of para-hydroxylation sites is 1. The number of morpholine rings is 1. The van der Waals surface area contributed by atoms with Crippen LogP contribution in [0.2, 0.25) is 0 Å². The van der Waals surface area contributed by atoms with Crippen molar-refractivity contribution in [3.8, 4) is 0 Å². The van der Waals surface area contributed by atoms with E-state index in [1.807, 2.05) is 18.3 Å². The second-order valence-electron chi connectivity index (χ2n) is 8.83. The highest BCUT2D eigenvalue weighted by molar-refractivity contribution is 5.79. The van der Waals surface area contributed by atoms with Crippen molar-refractivity contribution in [3.05, 3.63) is 30.5 Å². The first-order valence-electron chi connectivity index (χ1n) is 11.3. The number of rotatable bonds is 3. The molecule has 3 fully saturated rings. The van der Waals surface area contributed by atoms with Gasteiger partial charge < -0.3 is 14.5 Å². The lowest BCUT2D eigenvalue weighted by Crippen LogP contribution is -2.47. The summed E-state index contributed by atoms with van der Waals surface area (Å²) in [5.74, 6) is 1.11. The molecular formula is C23H31N5O2. The number of hydrogen-bond acceptors (Lipinski definition) is 6. The summed E-state index contributed by atoms with van der Waals surface area (Å²) < 4.78 is 5.41. The first-order chi connectivity index (χ1) is 14.7. The van der Waals surface area contributed by atoms with Crippen LogP contribution in [0.25, 0.3) is 10.9 Å². The Labute approximate surface area is 178 Å². The third kappa shape index (κ3) is 3.88. The van der Waals surface area contributed by atoms with Gasteiger partial charge in [-0.05, 0) is 38.2 Å². The fourth-order valence-electron chi connectivity index (χ4n) is 5.34. The lowest BCUT2D eigenvalue weighted by molar-refractivity contribution is -0.133. The second kappa shape index (κ2) is 8.47. The number of carbonyl (C=O) groups excluding carboxylic acids is 1. The van der Waals surface area contributed by atoms with Crippen molar-refractivity contribution in [2.24, 2.45) is 0 Å². The topological polar surface area (TPSA) is 61.8 Å². The van der Waals surface area contributed by atoms with Crippen molar-refractivity contribution in [2.75, 3.05) is 57.4 Å². The molecule has 1 unspecified atom stereocenters. The van der Waals surface area contributed by atoms with Crippen molar-refractivity contribution in [3.63, 3.8) is 0 Å². The van der Waals surface area contributed by atoms with Crippen LogP contribution in [0.3, 0.4) is 0 Å². The molecule has 2 aromatic rings. The molecule has 0 radical (unpaired) electrons. The number of fused-ring (bicyclic) bond motifs is 1. The molecule has 3 aliphatic rings. The minimum atomic E-state index is 0.0798. The Morgan fingerprint density at radius 1 is 1.00 bits per heavy atom. The maximum atomic E-state index is 12.9. The molecule has 1 aromatic heterocycles. The molecule has 1 spiro atoms. The Morgan fingerprint density at radius 3 is 2.67 bits per heavy atom. The van der Waals surface area contributed by atoms with Crippen LogP contribution in [0.15, 0.2) is 30.5 Å². The van der Waals surface area contributed by atoms with E-state index in [1.165, 1.54) is 0 Å². The molecule has 1 aromatic carbocycles. The predicted molar refractivity (Wildman–Crippen MR) is 117 cm³/mol. The van der Waals surface area contributed by atoms with Crippen LogP contribution < -0.4 is 4.90 Å². The van der Waals surface area contributed by atoms with Gasteiger partial charge in [0, 0.05) is 49.8 Å². The Balaban J connectivity index is 1.29. The number of ether oxygens (including phenoxy) is 1. The second-order valence-corrected chi connectivity index (χ2v) is 8.83. The van der Waals surface area contributed by atoms with Crippen LogP contribution in [0.1, 0.15) is 32.1 Å². The zero-order valence-corrected chi connectivity index (χ0v) is 17.6. The third-order valence-electron chi connectivity index (χ3n) is 7.05. The van der Waals surface area contributed by atoms with Gasteiger partial charge in [-0.3, -0.25) is 9.69 Å². The molecule has 7 nitrogen and oxygen atoms in total. The van der Waals surface area contributed by atoms with Crippen molar-refractivity contribution in [1.82, 2.24) is 19.8 Å². The predicted octanol–water partition coefficient (Wildman–Crippen LogP) is 2.31. The van der Waals surface area contributed by atoms with Crippen LogP contribution in [-0.4, -0.2) is 83.7 Å². The molecule has 4 heterocycles. The summed E-state index contributed by atoms with van der Waals surface area (Å²) in [7, 11) is 0. The smallest absolute Gasteiger partial charge is 0.236 e. The lowest BCUT2D eigenvalue weighted by atomic mass is 9.88. The molecule has 5 rings (SSSR count). The summed E-state index contributed by atoms with van der Waals surface area (Å²) in [5.41, 5.74) is 1.08. The average Bonchev–Trinajstić information content (AvgIpc) is 3.07. The highest BCUT2D eigenvalue weighted by Crippen LogP contribution is 2.40. The minimum Gasteiger partial charge on any atom is -0.379 e. The first kappa shape index (κ1) is 19.7. The van der Waals surface area contributed by atoms with Gasteiger partial charge in [-0.15, -0.1) is 0 Å². The SMILES string of the molecule is O=C(CN1CCOCC1)N1CCCC2(CCCN2c2ncc3ccccc3n2)CC1. The van der Waals surface area contributed by atoms with Gasteiger partial charge in [0.15, 0.2) is 0 Å². The van der Waals surface area contributed by atoms with Crippen molar-refractivity contribution in [1.29, 1.82) is 0 Å². The van der Waals surface area contributed by atoms with E-state index in [1.54, 1.807) is 0 Å². The van der Waals surface area contributed by atoms with Gasteiger partial charge >= 0.3 is 0 Å². The maximum absolute atomic E-state index is 12.9. The monoisotopic (exact) mass is 409 g/mol. The normalized spacial score (nSPS) is 25.7. The number of anilines is 1. The fraction of sp³-hybridized carbons (Fsp3) is 0.609. The molecule has 1 atom stereocenters. The molecule has 0 bridgehead atoms. The van der Waals surface area contributed by atoms with Crippen molar-refractivity contribution < 1.29 is 9.53 Å². The molecule has 0 saturated carbocycles. The van der Waals surface area contributed by atoms with Crippen molar-refractivity contribution >= 4 is 22.8 Å². The van der Waals surface area contributed by atoms with Gasteiger partial charge in [0.25, 0.3) is 0 Å². The summed E-state index contributed by atoms with van der Waals surface area (Å²) >= 11 is 0. The highest BCUT2D eigenvalue weighted by Gasteiger charge is 2.43. The first-order valence-corrected chi connectivity index (χ1v) is 11.3. The number of amides is 1. The summed E-state index contributed by atoms with van der Waals surface area (Å²) in [6.45, 7) is 6.39. The van der Waals surface area contributed by atoms with E-state index < -0.39 is 0 Å². The van der Waals surface area contributed by atoms with Gasteiger partial charge in [0.2, 0.25) is 11.9 Å². The zero-order chi connectivity index (χ0) is 20.4. The van der Waals surface area contributed by atoms with Crippen molar-refractivity contribution in [2.45, 2.75) is 37.6 Å². The summed E-state index contributed by atoms with van der Waals surface area (Å²) in [4.78, 5) is 29.3.